The third-order valence-electron chi connectivity index (χ3n) is 6.08. The molecule has 1 aromatic carbocycles. The van der Waals surface area contributed by atoms with Gasteiger partial charge in [0.2, 0.25) is 5.91 Å². The molecule has 2 heterocycles. The van der Waals surface area contributed by atoms with E-state index in [9.17, 15) is 22.8 Å². The molecule has 1 aromatic rings. The molecular weight excluding hydrogens is 461 g/mol. The topological polar surface area (TPSA) is 83.4 Å². The number of ether oxygens (including phenoxy) is 1. The van der Waals surface area contributed by atoms with Crippen LogP contribution in [0.25, 0.3) is 0 Å². The SMILES string of the molecule is C#CCCC1(CCC(=O)N[C@@H]2CN(C(=O)OC(C)(C)C)CC[C@@H]2c2ccc(C(F)(F)F)cc2)N=N1. The Bertz CT molecular complexity index is 987. The molecule has 7 nitrogen and oxygen atoms in total. The molecule has 0 spiro atoms. The monoisotopic (exact) mass is 492 g/mol. The van der Waals surface area contributed by atoms with Crippen molar-refractivity contribution in [2.24, 2.45) is 10.2 Å². The van der Waals surface area contributed by atoms with Gasteiger partial charge in [-0.1, -0.05) is 12.1 Å². The maximum Gasteiger partial charge on any atom is 0.416 e. The van der Waals surface area contributed by atoms with E-state index >= 15 is 0 Å². The van der Waals surface area contributed by atoms with Crippen LogP contribution in [0.3, 0.4) is 0 Å². The van der Waals surface area contributed by atoms with Gasteiger partial charge in [-0.15, -0.1) is 12.3 Å². The Balaban J connectivity index is 1.71. The Morgan fingerprint density at radius 3 is 2.40 bits per heavy atom. The molecule has 35 heavy (non-hydrogen) atoms. The average molecular weight is 493 g/mol. The Hall–Kier alpha value is -3.09. The quantitative estimate of drug-likeness (QED) is 0.527. The van der Waals surface area contributed by atoms with Crippen molar-refractivity contribution in [2.45, 2.75) is 82.3 Å². The Kier molecular flexibility index (Phi) is 7.77. The molecule has 2 amide bonds. The van der Waals surface area contributed by atoms with Gasteiger partial charge in [0.25, 0.3) is 0 Å². The largest absolute Gasteiger partial charge is 0.444 e. The zero-order chi connectivity index (χ0) is 25.9. The molecule has 0 radical (unpaired) electrons. The van der Waals surface area contributed by atoms with E-state index in [1.807, 2.05) is 0 Å². The number of benzene rings is 1. The van der Waals surface area contributed by atoms with Crippen LogP contribution in [0.1, 0.15) is 69.9 Å². The van der Waals surface area contributed by atoms with Crippen LogP contribution in [0.4, 0.5) is 18.0 Å². The second kappa shape index (κ2) is 10.3. The van der Waals surface area contributed by atoms with Crippen molar-refractivity contribution in [3.63, 3.8) is 0 Å². The molecule has 2 aliphatic rings. The van der Waals surface area contributed by atoms with E-state index in [0.29, 0.717) is 37.8 Å². The highest BCUT2D eigenvalue weighted by Crippen LogP contribution is 2.38. The summed E-state index contributed by atoms with van der Waals surface area (Å²) < 4.78 is 44.5. The van der Waals surface area contributed by atoms with Crippen molar-refractivity contribution in [1.82, 2.24) is 10.2 Å². The molecule has 1 saturated heterocycles. The number of nitrogens with zero attached hydrogens (tertiary/aromatic N) is 3. The summed E-state index contributed by atoms with van der Waals surface area (Å²) in [6.45, 7) is 5.85. The van der Waals surface area contributed by atoms with Crippen LogP contribution in [0, 0.1) is 12.3 Å². The summed E-state index contributed by atoms with van der Waals surface area (Å²) >= 11 is 0. The third-order valence-corrected chi connectivity index (χ3v) is 6.08. The lowest BCUT2D eigenvalue weighted by atomic mass is 9.84. The first-order valence-electron chi connectivity index (χ1n) is 11.6. The molecule has 1 N–H and O–H groups in total. The molecule has 1 fully saturated rings. The fourth-order valence-corrected chi connectivity index (χ4v) is 4.17. The minimum Gasteiger partial charge on any atom is -0.444 e. The van der Waals surface area contributed by atoms with Gasteiger partial charge in [0.05, 0.1) is 11.6 Å². The van der Waals surface area contributed by atoms with Gasteiger partial charge in [0, 0.05) is 44.7 Å². The van der Waals surface area contributed by atoms with Crippen LogP contribution < -0.4 is 5.32 Å². The van der Waals surface area contributed by atoms with Crippen molar-refractivity contribution >= 4 is 12.0 Å². The number of nitrogens with one attached hydrogen (secondary N) is 1. The number of carbonyl (C=O) groups is 2. The highest BCUT2D eigenvalue weighted by molar-refractivity contribution is 5.77. The lowest BCUT2D eigenvalue weighted by Crippen LogP contribution is -2.54. The van der Waals surface area contributed by atoms with E-state index in [1.54, 1.807) is 20.8 Å². The van der Waals surface area contributed by atoms with Gasteiger partial charge in [0.15, 0.2) is 5.66 Å². The van der Waals surface area contributed by atoms with E-state index in [2.05, 4.69) is 21.5 Å². The lowest BCUT2D eigenvalue weighted by molar-refractivity contribution is -0.137. The van der Waals surface area contributed by atoms with Crippen LogP contribution in [0.5, 0.6) is 0 Å². The summed E-state index contributed by atoms with van der Waals surface area (Å²) in [5.74, 6) is 2.05. The second-order valence-corrected chi connectivity index (χ2v) is 10.0. The van der Waals surface area contributed by atoms with Crippen molar-refractivity contribution in [3.05, 3.63) is 35.4 Å². The fourth-order valence-electron chi connectivity index (χ4n) is 4.17. The molecule has 2 atom stereocenters. The number of rotatable bonds is 7. The number of piperidine rings is 1. The van der Waals surface area contributed by atoms with Crippen LogP contribution in [0.15, 0.2) is 34.5 Å². The van der Waals surface area contributed by atoms with Gasteiger partial charge in [-0.2, -0.15) is 23.4 Å². The van der Waals surface area contributed by atoms with Crippen LogP contribution in [-0.2, 0) is 15.7 Å². The van der Waals surface area contributed by atoms with Crippen LogP contribution in [-0.4, -0.2) is 47.3 Å². The number of carbonyl (C=O) groups excluding carboxylic acids is 2. The smallest absolute Gasteiger partial charge is 0.416 e. The molecule has 2 aliphatic heterocycles. The molecule has 0 saturated carbocycles. The summed E-state index contributed by atoms with van der Waals surface area (Å²) in [5.41, 5.74) is -1.33. The Labute approximate surface area is 203 Å². The highest BCUT2D eigenvalue weighted by atomic mass is 19.4. The number of hydrogen-bond donors (Lipinski definition) is 1. The standard InChI is InChI=1S/C25H31F3N4O3/c1-5-6-13-24(30-31-24)14-11-21(33)29-20-16-32(22(34)35-23(2,3)4)15-12-19(20)17-7-9-18(10-8-17)25(26,27)28/h1,7-10,19-20H,6,11-16H2,2-4H3,(H,29,33)/t19-,20-/m1/s1. The molecule has 3 rings (SSSR count). The van der Waals surface area contributed by atoms with Crippen molar-refractivity contribution in [1.29, 1.82) is 0 Å². The summed E-state index contributed by atoms with van der Waals surface area (Å²) in [5, 5.41) is 11.1. The van der Waals surface area contributed by atoms with Gasteiger partial charge >= 0.3 is 12.3 Å². The van der Waals surface area contributed by atoms with E-state index in [4.69, 9.17) is 11.2 Å². The molecule has 0 aromatic heterocycles. The second-order valence-electron chi connectivity index (χ2n) is 10.0. The van der Waals surface area contributed by atoms with Gasteiger partial charge in [-0.25, -0.2) is 4.79 Å². The van der Waals surface area contributed by atoms with E-state index in [0.717, 1.165) is 12.1 Å². The van der Waals surface area contributed by atoms with E-state index in [-0.39, 0.29) is 24.8 Å². The highest BCUT2D eigenvalue weighted by Gasteiger charge is 2.40. The third kappa shape index (κ3) is 7.44. The zero-order valence-corrected chi connectivity index (χ0v) is 20.2. The van der Waals surface area contributed by atoms with Crippen molar-refractivity contribution in [3.8, 4) is 12.3 Å². The number of halogens is 3. The summed E-state index contributed by atoms with van der Waals surface area (Å²) in [6.07, 6.45) is 2.53. The fraction of sp³-hybridized carbons (Fsp3) is 0.600. The first-order chi connectivity index (χ1) is 16.3. The number of terminal acetylenes is 1. The molecule has 10 heteroatoms. The lowest BCUT2D eigenvalue weighted by Gasteiger charge is -2.39. The Morgan fingerprint density at radius 1 is 1.20 bits per heavy atom. The minimum atomic E-state index is -4.43. The average Bonchev–Trinajstić information content (AvgIpc) is 3.55. The molecule has 0 bridgehead atoms. The normalized spacial score (nSPS) is 21.2. The maximum absolute atomic E-state index is 13.0. The minimum absolute atomic E-state index is 0.167. The summed E-state index contributed by atoms with van der Waals surface area (Å²) in [6, 6.07) is 4.47. The summed E-state index contributed by atoms with van der Waals surface area (Å²) in [7, 11) is 0. The summed E-state index contributed by atoms with van der Waals surface area (Å²) in [4.78, 5) is 27.0. The van der Waals surface area contributed by atoms with Gasteiger partial charge in [0.1, 0.15) is 5.60 Å². The van der Waals surface area contributed by atoms with Crippen LogP contribution in [0.2, 0.25) is 0 Å². The number of hydrogen-bond acceptors (Lipinski definition) is 5. The van der Waals surface area contributed by atoms with Gasteiger partial charge in [-0.05, 0) is 44.9 Å². The molecular formula is C25H31F3N4O3. The van der Waals surface area contributed by atoms with Gasteiger partial charge < -0.3 is 15.0 Å². The first kappa shape index (κ1) is 26.5. The number of amides is 2. The molecule has 0 aliphatic carbocycles. The predicted octanol–water partition coefficient (Wildman–Crippen LogP) is 5.27. The van der Waals surface area contributed by atoms with Crippen molar-refractivity contribution in [2.75, 3.05) is 13.1 Å². The van der Waals surface area contributed by atoms with Crippen LogP contribution >= 0.6 is 0 Å². The first-order valence-corrected chi connectivity index (χ1v) is 11.6. The predicted molar refractivity (Wildman–Crippen MR) is 123 cm³/mol. The Morgan fingerprint density at radius 2 is 1.86 bits per heavy atom. The molecule has 190 valence electrons. The van der Waals surface area contributed by atoms with Crippen molar-refractivity contribution < 1.29 is 27.5 Å². The van der Waals surface area contributed by atoms with E-state index < -0.39 is 35.1 Å². The number of likely N-dealkylation sites (tertiary alicyclic amines) is 1. The maximum atomic E-state index is 13.0. The molecule has 0 unspecified atom stereocenters. The van der Waals surface area contributed by atoms with Gasteiger partial charge in [-0.3, -0.25) is 4.79 Å². The number of alkyl halides is 3. The zero-order valence-electron chi connectivity index (χ0n) is 20.2. The van der Waals surface area contributed by atoms with E-state index in [1.165, 1.54) is 17.0 Å².